The van der Waals surface area contributed by atoms with E-state index in [0.717, 1.165) is 34.2 Å². The zero-order valence-corrected chi connectivity index (χ0v) is 14.0. The van der Waals surface area contributed by atoms with Crippen molar-refractivity contribution in [2.45, 2.75) is 13.1 Å². The van der Waals surface area contributed by atoms with Crippen LogP contribution in [0, 0.1) is 11.3 Å². The SMILES string of the molecule is CN(Cc1cc(Br)cs1)Cc1cn2ccccc2c1C#N. The number of nitriles is 1. The van der Waals surface area contributed by atoms with Gasteiger partial charge in [0, 0.05) is 45.8 Å². The van der Waals surface area contributed by atoms with Gasteiger partial charge >= 0.3 is 0 Å². The molecule has 0 aliphatic heterocycles. The molecule has 3 heterocycles. The summed E-state index contributed by atoms with van der Waals surface area (Å²) in [6, 6.07) is 10.4. The van der Waals surface area contributed by atoms with Crippen LogP contribution < -0.4 is 0 Å². The fourth-order valence-electron chi connectivity index (χ4n) is 2.48. The second-order valence-electron chi connectivity index (χ2n) is 5.04. The Balaban J connectivity index is 1.82. The molecule has 0 aliphatic carbocycles. The van der Waals surface area contributed by atoms with E-state index in [-0.39, 0.29) is 0 Å². The average Bonchev–Trinajstić information content (AvgIpc) is 3.01. The van der Waals surface area contributed by atoms with Crippen molar-refractivity contribution in [2.75, 3.05) is 7.05 Å². The van der Waals surface area contributed by atoms with E-state index in [1.54, 1.807) is 11.3 Å². The lowest BCUT2D eigenvalue weighted by Crippen LogP contribution is -2.16. The van der Waals surface area contributed by atoms with Crippen LogP contribution in [0.2, 0.25) is 0 Å². The molecule has 0 radical (unpaired) electrons. The smallest absolute Gasteiger partial charge is 0.102 e. The Morgan fingerprint density at radius 3 is 2.95 bits per heavy atom. The number of halogens is 1. The highest BCUT2D eigenvalue weighted by Crippen LogP contribution is 2.23. The lowest BCUT2D eigenvalue weighted by atomic mass is 10.1. The predicted molar refractivity (Wildman–Crippen MR) is 89.3 cm³/mol. The number of aromatic nitrogens is 1. The lowest BCUT2D eigenvalue weighted by Gasteiger charge is -2.14. The van der Waals surface area contributed by atoms with Gasteiger partial charge in [0.05, 0.1) is 11.1 Å². The van der Waals surface area contributed by atoms with Crippen molar-refractivity contribution in [1.29, 1.82) is 5.26 Å². The van der Waals surface area contributed by atoms with Crippen molar-refractivity contribution in [1.82, 2.24) is 9.30 Å². The molecule has 3 nitrogen and oxygen atoms in total. The maximum Gasteiger partial charge on any atom is 0.102 e. The zero-order valence-electron chi connectivity index (χ0n) is 11.6. The predicted octanol–water partition coefficient (Wildman–Crippen LogP) is 4.27. The maximum atomic E-state index is 9.43. The first-order valence-electron chi connectivity index (χ1n) is 6.57. The van der Waals surface area contributed by atoms with Gasteiger partial charge in [-0.1, -0.05) is 6.07 Å². The summed E-state index contributed by atoms with van der Waals surface area (Å²) in [6.45, 7) is 1.65. The van der Waals surface area contributed by atoms with E-state index >= 15 is 0 Å². The van der Waals surface area contributed by atoms with Crippen LogP contribution >= 0.6 is 27.3 Å². The molecule has 0 spiro atoms. The molecular formula is C16H14BrN3S. The second-order valence-corrected chi connectivity index (χ2v) is 6.95. The molecule has 0 saturated carbocycles. The van der Waals surface area contributed by atoms with E-state index < -0.39 is 0 Å². The molecule has 0 amide bonds. The van der Waals surface area contributed by atoms with Crippen molar-refractivity contribution in [3.8, 4) is 6.07 Å². The molecule has 0 unspecified atom stereocenters. The Hall–Kier alpha value is -1.61. The molecule has 0 bridgehead atoms. The van der Waals surface area contributed by atoms with E-state index in [0.29, 0.717) is 0 Å². The summed E-state index contributed by atoms with van der Waals surface area (Å²) in [7, 11) is 2.08. The van der Waals surface area contributed by atoms with E-state index in [2.05, 4.69) is 51.6 Å². The van der Waals surface area contributed by atoms with Crippen molar-refractivity contribution < 1.29 is 0 Å². The third-order valence-corrected chi connectivity index (χ3v) is 5.04. The van der Waals surface area contributed by atoms with Crippen molar-refractivity contribution in [3.63, 3.8) is 0 Å². The average molecular weight is 360 g/mol. The van der Waals surface area contributed by atoms with E-state index in [9.17, 15) is 5.26 Å². The summed E-state index contributed by atoms with van der Waals surface area (Å²) in [5, 5.41) is 11.5. The van der Waals surface area contributed by atoms with Crippen LogP contribution in [0.3, 0.4) is 0 Å². The Labute approximate surface area is 136 Å². The summed E-state index contributed by atoms with van der Waals surface area (Å²) in [5.41, 5.74) is 2.82. The zero-order chi connectivity index (χ0) is 14.8. The molecule has 5 heteroatoms. The maximum absolute atomic E-state index is 9.43. The molecule has 3 aromatic rings. The van der Waals surface area contributed by atoms with Gasteiger partial charge in [0.1, 0.15) is 6.07 Å². The molecule has 0 fully saturated rings. The Bertz CT molecular complexity index is 812. The largest absolute Gasteiger partial charge is 0.322 e. The highest BCUT2D eigenvalue weighted by molar-refractivity contribution is 9.10. The van der Waals surface area contributed by atoms with Crippen LogP contribution in [0.15, 0.2) is 46.5 Å². The Kier molecular flexibility index (Phi) is 4.11. The summed E-state index contributed by atoms with van der Waals surface area (Å²) in [5.74, 6) is 0. The molecule has 3 rings (SSSR count). The van der Waals surface area contributed by atoms with Gasteiger partial charge in [0.15, 0.2) is 0 Å². The van der Waals surface area contributed by atoms with Crippen LogP contribution in [-0.4, -0.2) is 16.3 Å². The van der Waals surface area contributed by atoms with E-state index in [1.807, 2.05) is 28.8 Å². The van der Waals surface area contributed by atoms with Gasteiger partial charge in [-0.2, -0.15) is 5.26 Å². The van der Waals surface area contributed by atoms with Gasteiger partial charge in [-0.25, -0.2) is 0 Å². The minimum atomic E-state index is 0.764. The molecular weight excluding hydrogens is 346 g/mol. The normalized spacial score (nSPS) is 11.1. The first-order chi connectivity index (χ1) is 10.2. The summed E-state index contributed by atoms with van der Waals surface area (Å²) in [6.07, 6.45) is 4.03. The molecule has 3 aromatic heterocycles. The van der Waals surface area contributed by atoms with Crippen LogP contribution in [0.5, 0.6) is 0 Å². The standard InChI is InChI=1S/C16H14BrN3S/c1-19(10-14-6-13(17)11-21-14)8-12-9-20-5-3-2-4-16(20)15(12)7-18/h2-6,9,11H,8,10H2,1H3. The van der Waals surface area contributed by atoms with Crippen molar-refractivity contribution >= 4 is 32.8 Å². The number of hydrogen-bond acceptors (Lipinski definition) is 3. The lowest BCUT2D eigenvalue weighted by molar-refractivity contribution is 0.322. The molecule has 0 aliphatic rings. The van der Waals surface area contributed by atoms with Gasteiger partial charge < -0.3 is 4.40 Å². The van der Waals surface area contributed by atoms with E-state index in [1.165, 1.54) is 4.88 Å². The monoisotopic (exact) mass is 359 g/mol. The first kappa shape index (κ1) is 14.3. The number of hydrogen-bond donors (Lipinski definition) is 0. The highest BCUT2D eigenvalue weighted by Gasteiger charge is 2.12. The van der Waals surface area contributed by atoms with Gasteiger partial charge in [-0.05, 0) is 41.2 Å². The summed E-state index contributed by atoms with van der Waals surface area (Å²) < 4.78 is 3.15. The molecule has 106 valence electrons. The molecule has 0 N–H and O–H groups in total. The van der Waals surface area contributed by atoms with Gasteiger partial charge in [-0.3, -0.25) is 4.90 Å². The van der Waals surface area contributed by atoms with Crippen LogP contribution in [-0.2, 0) is 13.1 Å². The number of pyridine rings is 1. The highest BCUT2D eigenvalue weighted by atomic mass is 79.9. The Morgan fingerprint density at radius 1 is 1.38 bits per heavy atom. The fourth-order valence-corrected chi connectivity index (χ4v) is 4.01. The first-order valence-corrected chi connectivity index (χ1v) is 8.25. The summed E-state index contributed by atoms with van der Waals surface area (Å²) in [4.78, 5) is 3.54. The molecule has 0 saturated heterocycles. The van der Waals surface area contributed by atoms with Crippen LogP contribution in [0.1, 0.15) is 16.0 Å². The van der Waals surface area contributed by atoms with Gasteiger partial charge in [0.2, 0.25) is 0 Å². The number of fused-ring (bicyclic) bond motifs is 1. The minimum Gasteiger partial charge on any atom is -0.322 e. The second kappa shape index (κ2) is 6.02. The van der Waals surface area contributed by atoms with Crippen molar-refractivity contribution in [3.05, 3.63) is 62.5 Å². The topological polar surface area (TPSA) is 31.4 Å². The fraction of sp³-hybridized carbons (Fsp3) is 0.188. The molecule has 0 aromatic carbocycles. The molecule has 21 heavy (non-hydrogen) atoms. The minimum absolute atomic E-state index is 0.764. The van der Waals surface area contributed by atoms with Crippen LogP contribution in [0.4, 0.5) is 0 Å². The van der Waals surface area contributed by atoms with Crippen molar-refractivity contribution in [2.24, 2.45) is 0 Å². The van der Waals surface area contributed by atoms with Gasteiger partial charge in [-0.15, -0.1) is 11.3 Å². The number of rotatable bonds is 4. The third kappa shape index (κ3) is 3.03. The Morgan fingerprint density at radius 2 is 2.24 bits per heavy atom. The third-order valence-electron chi connectivity index (χ3n) is 3.36. The quantitative estimate of drug-likeness (QED) is 0.696. The number of nitrogens with zero attached hydrogens (tertiary/aromatic N) is 3. The number of thiophene rings is 1. The van der Waals surface area contributed by atoms with E-state index in [4.69, 9.17) is 0 Å². The molecule has 0 atom stereocenters. The van der Waals surface area contributed by atoms with Gasteiger partial charge in [0.25, 0.3) is 0 Å². The van der Waals surface area contributed by atoms with Crippen LogP contribution in [0.25, 0.3) is 5.52 Å². The summed E-state index contributed by atoms with van der Waals surface area (Å²) >= 11 is 5.23.